The number of hydrogen-bond donors (Lipinski definition) is 1. The number of aryl methyl sites for hydroxylation is 1. The van der Waals surface area contributed by atoms with Crippen molar-refractivity contribution < 1.29 is 4.79 Å². The molecule has 0 spiro atoms. The van der Waals surface area contributed by atoms with Gasteiger partial charge in [-0.1, -0.05) is 11.3 Å². The maximum Gasteiger partial charge on any atom is 0.255 e. The van der Waals surface area contributed by atoms with Crippen molar-refractivity contribution in [3.8, 4) is 0 Å². The van der Waals surface area contributed by atoms with E-state index in [0.29, 0.717) is 5.56 Å². The smallest absolute Gasteiger partial charge is 0.255 e. The Hall–Kier alpha value is -2.22. The van der Waals surface area contributed by atoms with E-state index in [1.54, 1.807) is 16.2 Å². The summed E-state index contributed by atoms with van der Waals surface area (Å²) in [4.78, 5) is 17.8. The van der Waals surface area contributed by atoms with Gasteiger partial charge in [0.25, 0.3) is 5.91 Å². The van der Waals surface area contributed by atoms with Gasteiger partial charge in [-0.2, -0.15) is 10.2 Å². The molecule has 22 heavy (non-hydrogen) atoms. The van der Waals surface area contributed by atoms with Gasteiger partial charge < -0.3 is 5.32 Å². The van der Waals surface area contributed by atoms with Crippen LogP contribution in [0.2, 0.25) is 0 Å². The number of carbonyl (C=O) groups excluding carboxylic acids is 1. The van der Waals surface area contributed by atoms with Crippen molar-refractivity contribution in [3.05, 3.63) is 34.9 Å². The fourth-order valence-corrected chi connectivity index (χ4v) is 3.43. The summed E-state index contributed by atoms with van der Waals surface area (Å²) in [7, 11) is 0. The lowest BCUT2D eigenvalue weighted by Gasteiger charge is -2.15. The Kier molecular flexibility index (Phi) is 3.18. The highest BCUT2D eigenvalue weighted by Gasteiger charge is 2.22. The quantitative estimate of drug-likeness (QED) is 0.799. The Bertz CT molecular complexity index is 803. The van der Waals surface area contributed by atoms with Crippen molar-refractivity contribution in [2.45, 2.75) is 38.8 Å². The second-order valence-electron chi connectivity index (χ2n) is 5.51. The van der Waals surface area contributed by atoms with Gasteiger partial charge in [-0.3, -0.25) is 9.48 Å². The zero-order valence-corrected chi connectivity index (χ0v) is 13.0. The zero-order chi connectivity index (χ0) is 15.1. The van der Waals surface area contributed by atoms with Crippen LogP contribution in [-0.2, 0) is 13.0 Å². The Morgan fingerprint density at radius 2 is 2.32 bits per heavy atom. The van der Waals surface area contributed by atoms with Crippen LogP contribution in [0.15, 0.2) is 17.9 Å². The van der Waals surface area contributed by atoms with E-state index in [2.05, 4.69) is 20.5 Å². The molecule has 1 unspecified atom stereocenters. The third kappa shape index (κ3) is 2.19. The first-order valence-electron chi connectivity index (χ1n) is 7.36. The normalized spacial score (nSPS) is 15.7. The molecule has 0 fully saturated rings. The summed E-state index contributed by atoms with van der Waals surface area (Å²) in [5.74, 6) is -0.0834. The molecular formula is C14H16N6OS. The number of fused-ring (bicyclic) bond motifs is 2. The molecule has 4 heterocycles. The molecule has 4 rings (SSSR count). The van der Waals surface area contributed by atoms with Gasteiger partial charge in [-0.05, 0) is 26.2 Å². The number of nitrogens with one attached hydrogen (secondary N) is 1. The van der Waals surface area contributed by atoms with Crippen LogP contribution < -0.4 is 5.32 Å². The minimum absolute atomic E-state index is 0.0834. The molecule has 3 aromatic rings. The van der Waals surface area contributed by atoms with Crippen LogP contribution in [0.25, 0.3) is 4.96 Å². The van der Waals surface area contributed by atoms with Gasteiger partial charge in [0, 0.05) is 6.54 Å². The first kappa shape index (κ1) is 13.4. The minimum Gasteiger partial charge on any atom is -0.344 e. The molecule has 8 heteroatoms. The summed E-state index contributed by atoms with van der Waals surface area (Å²) in [5.41, 5.74) is 4.29. The van der Waals surface area contributed by atoms with Gasteiger partial charge in [-0.25, -0.2) is 9.50 Å². The van der Waals surface area contributed by atoms with Crippen LogP contribution >= 0.6 is 11.3 Å². The molecule has 114 valence electrons. The van der Waals surface area contributed by atoms with Crippen molar-refractivity contribution in [3.63, 3.8) is 0 Å². The molecule has 0 saturated heterocycles. The molecule has 0 aliphatic carbocycles. The number of imidazole rings is 1. The highest BCUT2D eigenvalue weighted by atomic mass is 32.1. The van der Waals surface area contributed by atoms with Crippen molar-refractivity contribution in [2.75, 3.05) is 0 Å². The average Bonchev–Trinajstić information content (AvgIpc) is 3.20. The predicted octanol–water partition coefficient (Wildman–Crippen LogP) is 1.81. The van der Waals surface area contributed by atoms with E-state index in [9.17, 15) is 4.79 Å². The Morgan fingerprint density at radius 1 is 1.41 bits per heavy atom. The third-order valence-electron chi connectivity index (χ3n) is 4.02. The van der Waals surface area contributed by atoms with E-state index in [-0.39, 0.29) is 11.9 Å². The topological polar surface area (TPSA) is 77.1 Å². The molecule has 7 nitrogen and oxygen atoms in total. The van der Waals surface area contributed by atoms with Gasteiger partial charge in [-0.15, -0.1) is 0 Å². The van der Waals surface area contributed by atoms with Gasteiger partial charge >= 0.3 is 0 Å². The number of rotatable bonds is 3. The summed E-state index contributed by atoms with van der Waals surface area (Å²) in [6, 6.07) is -0.166. The van der Waals surface area contributed by atoms with Gasteiger partial charge in [0.15, 0.2) is 0 Å². The molecule has 1 amide bonds. The number of aromatic nitrogens is 5. The van der Waals surface area contributed by atoms with E-state index in [1.807, 2.05) is 17.8 Å². The molecular weight excluding hydrogens is 300 g/mol. The first-order valence-corrected chi connectivity index (χ1v) is 8.24. The maximum atomic E-state index is 12.5. The lowest BCUT2D eigenvalue weighted by molar-refractivity contribution is 0.0938. The highest BCUT2D eigenvalue weighted by molar-refractivity contribution is 7.14. The molecule has 0 radical (unpaired) electrons. The van der Waals surface area contributed by atoms with Crippen molar-refractivity contribution >= 4 is 22.2 Å². The fourth-order valence-electron chi connectivity index (χ4n) is 2.82. The number of nitrogens with zero attached hydrogens (tertiary/aromatic N) is 5. The standard InChI is InChI=1S/C14H16N6OS/c1-9(11-7-20-14(18-11)22-8-16-20)17-13(21)10-6-15-19-5-3-2-4-12(10)19/h6-9H,2-5H2,1H3,(H,17,21). The van der Waals surface area contributed by atoms with E-state index >= 15 is 0 Å². The van der Waals surface area contributed by atoms with Crippen molar-refractivity contribution in [1.82, 2.24) is 29.7 Å². The van der Waals surface area contributed by atoms with Gasteiger partial charge in [0.05, 0.1) is 35.4 Å². The van der Waals surface area contributed by atoms with Crippen LogP contribution in [0.5, 0.6) is 0 Å². The molecule has 0 bridgehead atoms. The zero-order valence-electron chi connectivity index (χ0n) is 12.2. The Labute approximate surface area is 131 Å². The maximum absolute atomic E-state index is 12.5. The van der Waals surface area contributed by atoms with Crippen LogP contribution in [0.4, 0.5) is 0 Å². The molecule has 1 N–H and O–H groups in total. The molecule has 0 saturated carbocycles. The van der Waals surface area contributed by atoms with E-state index in [4.69, 9.17) is 0 Å². The summed E-state index contributed by atoms with van der Waals surface area (Å²) in [6.45, 7) is 2.83. The number of hydrogen-bond acceptors (Lipinski definition) is 5. The third-order valence-corrected chi connectivity index (χ3v) is 4.71. The Balaban J connectivity index is 1.53. The second-order valence-corrected chi connectivity index (χ2v) is 6.32. The summed E-state index contributed by atoms with van der Waals surface area (Å²) in [5, 5.41) is 11.5. The SMILES string of the molecule is CC(NC(=O)c1cnn2c1CCCC2)c1cn2ncsc2n1. The number of amides is 1. The highest BCUT2D eigenvalue weighted by Crippen LogP contribution is 2.20. The summed E-state index contributed by atoms with van der Waals surface area (Å²) < 4.78 is 3.67. The minimum atomic E-state index is -0.166. The lowest BCUT2D eigenvalue weighted by Crippen LogP contribution is -2.28. The van der Waals surface area contributed by atoms with Gasteiger partial charge in [0.1, 0.15) is 5.51 Å². The molecule has 3 aromatic heterocycles. The van der Waals surface area contributed by atoms with Crippen LogP contribution in [0, 0.1) is 0 Å². The summed E-state index contributed by atoms with van der Waals surface area (Å²) in [6.07, 6.45) is 6.69. The van der Waals surface area contributed by atoms with Crippen LogP contribution in [-0.4, -0.2) is 30.3 Å². The molecule has 1 aliphatic heterocycles. The Morgan fingerprint density at radius 3 is 3.18 bits per heavy atom. The fraction of sp³-hybridized carbons (Fsp3) is 0.429. The largest absolute Gasteiger partial charge is 0.344 e. The average molecular weight is 316 g/mol. The first-order chi connectivity index (χ1) is 10.7. The lowest BCUT2D eigenvalue weighted by atomic mass is 10.1. The van der Waals surface area contributed by atoms with Gasteiger partial charge in [0.2, 0.25) is 4.96 Å². The molecule has 1 atom stereocenters. The molecule has 0 aromatic carbocycles. The molecule has 1 aliphatic rings. The number of carbonyl (C=O) groups is 1. The van der Waals surface area contributed by atoms with Crippen LogP contribution in [0.1, 0.15) is 47.6 Å². The van der Waals surface area contributed by atoms with Crippen molar-refractivity contribution in [1.29, 1.82) is 0 Å². The van der Waals surface area contributed by atoms with E-state index < -0.39 is 0 Å². The van der Waals surface area contributed by atoms with Crippen molar-refractivity contribution in [2.24, 2.45) is 0 Å². The van der Waals surface area contributed by atoms with Crippen LogP contribution in [0.3, 0.4) is 0 Å². The predicted molar refractivity (Wildman–Crippen MR) is 81.9 cm³/mol. The second kappa shape index (κ2) is 5.20. The van der Waals surface area contributed by atoms with E-state index in [1.165, 1.54) is 11.3 Å². The summed E-state index contributed by atoms with van der Waals surface area (Å²) >= 11 is 1.48. The van der Waals surface area contributed by atoms with E-state index in [0.717, 1.165) is 42.2 Å². The monoisotopic (exact) mass is 316 g/mol.